The van der Waals surface area contributed by atoms with Gasteiger partial charge in [0.25, 0.3) is 0 Å². The molecule has 2 aromatic rings. The molecule has 112 valence electrons. The van der Waals surface area contributed by atoms with Gasteiger partial charge in [-0.25, -0.2) is 9.67 Å². The molecule has 0 unspecified atom stereocenters. The van der Waals surface area contributed by atoms with E-state index >= 15 is 0 Å². The van der Waals surface area contributed by atoms with Crippen molar-refractivity contribution in [3.63, 3.8) is 0 Å². The first-order valence-corrected chi connectivity index (χ1v) is 7.27. The number of benzene rings is 1. The van der Waals surface area contributed by atoms with Crippen molar-refractivity contribution in [1.82, 2.24) is 15.1 Å². The van der Waals surface area contributed by atoms with Crippen molar-refractivity contribution in [2.75, 3.05) is 6.54 Å². The Bertz CT molecular complexity index is 613. The van der Waals surface area contributed by atoms with Crippen LogP contribution >= 0.6 is 0 Å². The number of nitrogens with two attached hydrogens (primary N) is 1. The summed E-state index contributed by atoms with van der Waals surface area (Å²) in [5, 5.41) is 7.69. The highest BCUT2D eigenvalue weighted by Gasteiger charge is 2.12. The van der Waals surface area contributed by atoms with Gasteiger partial charge in [-0.2, -0.15) is 5.10 Å². The van der Waals surface area contributed by atoms with Gasteiger partial charge in [-0.1, -0.05) is 25.1 Å². The van der Waals surface area contributed by atoms with Crippen LogP contribution in [0.3, 0.4) is 0 Å². The third-order valence-corrected chi connectivity index (χ3v) is 3.41. The molecule has 0 spiro atoms. The summed E-state index contributed by atoms with van der Waals surface area (Å²) in [6, 6.07) is 10.1. The quantitative estimate of drug-likeness (QED) is 0.654. The van der Waals surface area contributed by atoms with Crippen molar-refractivity contribution in [1.29, 1.82) is 0 Å². The van der Waals surface area contributed by atoms with Gasteiger partial charge in [-0.05, 0) is 32.4 Å². The largest absolute Gasteiger partial charge is 0.370 e. The van der Waals surface area contributed by atoms with E-state index in [0.29, 0.717) is 12.5 Å². The van der Waals surface area contributed by atoms with E-state index in [0.717, 1.165) is 35.6 Å². The lowest BCUT2D eigenvalue weighted by molar-refractivity contribution is 0.823. The standard InChI is InChI=1S/C16H23N5/c1-4-10-18-16(17)19-11-15-12(2)20-21(13(15)3)14-8-6-5-7-9-14/h5-9H,4,10-11H2,1-3H3,(H3,17,18,19). The van der Waals surface area contributed by atoms with Crippen LogP contribution in [0.15, 0.2) is 35.3 Å². The minimum atomic E-state index is 0.489. The topological polar surface area (TPSA) is 68.2 Å². The molecule has 0 aliphatic heterocycles. The highest BCUT2D eigenvalue weighted by atomic mass is 15.3. The third-order valence-electron chi connectivity index (χ3n) is 3.41. The Morgan fingerprint density at radius 3 is 2.67 bits per heavy atom. The van der Waals surface area contributed by atoms with Crippen LogP contribution in [-0.2, 0) is 6.54 Å². The molecule has 3 N–H and O–H groups in total. The normalized spacial score (nSPS) is 11.7. The van der Waals surface area contributed by atoms with Crippen molar-refractivity contribution in [3.05, 3.63) is 47.3 Å². The number of para-hydroxylation sites is 1. The van der Waals surface area contributed by atoms with Crippen molar-refractivity contribution < 1.29 is 0 Å². The number of rotatable bonds is 5. The number of nitrogens with one attached hydrogen (secondary N) is 1. The minimum absolute atomic E-state index is 0.489. The van der Waals surface area contributed by atoms with Crippen molar-refractivity contribution in [3.8, 4) is 5.69 Å². The summed E-state index contributed by atoms with van der Waals surface area (Å²) in [5.41, 5.74) is 10.1. The average molecular weight is 285 g/mol. The second-order valence-corrected chi connectivity index (χ2v) is 5.02. The number of nitrogens with zero attached hydrogens (tertiary/aromatic N) is 3. The van der Waals surface area contributed by atoms with Crippen molar-refractivity contribution in [2.24, 2.45) is 10.7 Å². The van der Waals surface area contributed by atoms with Gasteiger partial charge in [-0.3, -0.25) is 0 Å². The fourth-order valence-electron chi connectivity index (χ4n) is 2.20. The van der Waals surface area contributed by atoms with Crippen LogP contribution in [0.5, 0.6) is 0 Å². The summed E-state index contributed by atoms with van der Waals surface area (Å²) in [6.45, 7) is 7.56. The van der Waals surface area contributed by atoms with Crippen LogP contribution in [-0.4, -0.2) is 22.3 Å². The molecule has 0 saturated carbocycles. The highest BCUT2D eigenvalue weighted by Crippen LogP contribution is 2.18. The Morgan fingerprint density at radius 1 is 1.29 bits per heavy atom. The number of hydrogen-bond acceptors (Lipinski definition) is 2. The maximum absolute atomic E-state index is 5.84. The van der Waals surface area contributed by atoms with Crippen LogP contribution in [0.25, 0.3) is 5.69 Å². The van der Waals surface area contributed by atoms with Gasteiger partial charge in [-0.15, -0.1) is 0 Å². The second kappa shape index (κ2) is 6.92. The minimum Gasteiger partial charge on any atom is -0.370 e. The first kappa shape index (κ1) is 15.1. The predicted molar refractivity (Wildman–Crippen MR) is 86.7 cm³/mol. The Morgan fingerprint density at radius 2 is 2.00 bits per heavy atom. The molecule has 21 heavy (non-hydrogen) atoms. The highest BCUT2D eigenvalue weighted by molar-refractivity contribution is 5.77. The Labute approximate surface area is 125 Å². The fraction of sp³-hybridized carbons (Fsp3) is 0.375. The van der Waals surface area contributed by atoms with Gasteiger partial charge in [0.15, 0.2) is 5.96 Å². The number of aryl methyl sites for hydroxylation is 1. The molecule has 1 aromatic heterocycles. The lowest BCUT2D eigenvalue weighted by atomic mass is 10.2. The molecular formula is C16H23N5. The maximum atomic E-state index is 5.84. The molecule has 5 heteroatoms. The summed E-state index contributed by atoms with van der Waals surface area (Å²) >= 11 is 0. The molecule has 0 atom stereocenters. The molecule has 0 bridgehead atoms. The first-order valence-electron chi connectivity index (χ1n) is 7.27. The monoisotopic (exact) mass is 285 g/mol. The molecule has 0 aliphatic carbocycles. The molecule has 1 heterocycles. The summed E-state index contributed by atoms with van der Waals surface area (Å²) in [6.07, 6.45) is 1.03. The van der Waals surface area contributed by atoms with Crippen LogP contribution in [0, 0.1) is 13.8 Å². The predicted octanol–water partition coefficient (Wildman–Crippen LogP) is 2.30. The van der Waals surface area contributed by atoms with Gasteiger partial charge in [0, 0.05) is 17.8 Å². The molecule has 0 fully saturated rings. The van der Waals surface area contributed by atoms with Crippen molar-refractivity contribution >= 4 is 5.96 Å². The van der Waals surface area contributed by atoms with Gasteiger partial charge < -0.3 is 11.1 Å². The number of aliphatic imine (C=N–C) groups is 1. The van der Waals surface area contributed by atoms with Gasteiger partial charge >= 0.3 is 0 Å². The van der Waals surface area contributed by atoms with Crippen molar-refractivity contribution in [2.45, 2.75) is 33.7 Å². The van der Waals surface area contributed by atoms with E-state index in [2.05, 4.69) is 29.3 Å². The Hall–Kier alpha value is -2.30. The lowest BCUT2D eigenvalue weighted by Crippen LogP contribution is -2.32. The molecule has 2 rings (SSSR count). The van der Waals surface area contributed by atoms with E-state index in [1.807, 2.05) is 41.9 Å². The molecule has 5 nitrogen and oxygen atoms in total. The first-order chi connectivity index (χ1) is 10.1. The van der Waals surface area contributed by atoms with Crippen LogP contribution in [0.1, 0.15) is 30.3 Å². The lowest BCUT2D eigenvalue weighted by Gasteiger charge is -2.05. The Kier molecular flexibility index (Phi) is 4.98. The van der Waals surface area contributed by atoms with E-state index in [1.54, 1.807) is 0 Å². The van der Waals surface area contributed by atoms with E-state index in [9.17, 15) is 0 Å². The Balaban J connectivity index is 2.20. The fourth-order valence-corrected chi connectivity index (χ4v) is 2.20. The van der Waals surface area contributed by atoms with Gasteiger partial charge in [0.1, 0.15) is 0 Å². The van der Waals surface area contributed by atoms with Crippen LogP contribution in [0.4, 0.5) is 0 Å². The molecule has 0 radical (unpaired) electrons. The third kappa shape index (κ3) is 3.62. The summed E-state index contributed by atoms with van der Waals surface area (Å²) < 4.78 is 1.95. The van der Waals surface area contributed by atoms with E-state index in [-0.39, 0.29) is 0 Å². The molecular weight excluding hydrogens is 262 g/mol. The second-order valence-electron chi connectivity index (χ2n) is 5.02. The summed E-state index contributed by atoms with van der Waals surface area (Å²) in [5.74, 6) is 0.489. The molecule has 0 amide bonds. The maximum Gasteiger partial charge on any atom is 0.188 e. The summed E-state index contributed by atoms with van der Waals surface area (Å²) in [4.78, 5) is 4.39. The van der Waals surface area contributed by atoms with E-state index in [1.165, 1.54) is 0 Å². The molecule has 1 aromatic carbocycles. The van der Waals surface area contributed by atoms with E-state index in [4.69, 9.17) is 5.73 Å². The van der Waals surface area contributed by atoms with E-state index < -0.39 is 0 Å². The zero-order chi connectivity index (χ0) is 15.2. The molecule has 0 saturated heterocycles. The van der Waals surface area contributed by atoms with Gasteiger partial charge in [0.05, 0.1) is 17.9 Å². The number of hydrogen-bond donors (Lipinski definition) is 2. The zero-order valence-electron chi connectivity index (χ0n) is 12.9. The van der Waals surface area contributed by atoms with Crippen LogP contribution in [0.2, 0.25) is 0 Å². The zero-order valence-corrected chi connectivity index (χ0v) is 12.9. The number of guanidine groups is 1. The SMILES string of the molecule is CCCNC(N)=NCc1c(C)nn(-c2ccccc2)c1C. The molecule has 0 aliphatic rings. The average Bonchev–Trinajstić information content (AvgIpc) is 2.79. The smallest absolute Gasteiger partial charge is 0.188 e. The van der Waals surface area contributed by atoms with Crippen LogP contribution < -0.4 is 11.1 Å². The summed E-state index contributed by atoms with van der Waals surface area (Å²) in [7, 11) is 0. The van der Waals surface area contributed by atoms with Gasteiger partial charge in [0.2, 0.25) is 0 Å². The number of aromatic nitrogens is 2.